The molecule has 0 spiro atoms. The van der Waals surface area contributed by atoms with Crippen molar-refractivity contribution in [1.29, 1.82) is 0 Å². The van der Waals surface area contributed by atoms with E-state index in [1.807, 2.05) is 38.1 Å². The number of nitrogens with one attached hydrogen (secondary N) is 1. The minimum Gasteiger partial charge on any atom is -0.495 e. The summed E-state index contributed by atoms with van der Waals surface area (Å²) in [4.78, 5) is 29.0. The Hall–Kier alpha value is -3.85. The highest BCUT2D eigenvalue weighted by Gasteiger charge is 2.34. The van der Waals surface area contributed by atoms with Gasteiger partial charge in [0.2, 0.25) is 11.8 Å². The Balaban J connectivity index is 1.71. The second-order valence-corrected chi connectivity index (χ2v) is 12.5. The third-order valence-electron chi connectivity index (χ3n) is 7.55. The molecule has 3 aromatic rings. The Kier molecular flexibility index (Phi) is 9.70. The summed E-state index contributed by atoms with van der Waals surface area (Å²) in [5.41, 5.74) is 3.03. The second kappa shape index (κ2) is 13.2. The molecular weight excluding hydrogens is 538 g/mol. The smallest absolute Gasteiger partial charge is 0.264 e. The van der Waals surface area contributed by atoms with Crippen LogP contribution < -0.4 is 14.4 Å². The molecule has 8 nitrogen and oxygen atoms in total. The molecule has 1 N–H and O–H groups in total. The van der Waals surface area contributed by atoms with Crippen LogP contribution in [0.2, 0.25) is 0 Å². The lowest BCUT2D eigenvalue weighted by Gasteiger charge is -2.33. The van der Waals surface area contributed by atoms with E-state index in [0.717, 1.165) is 46.7 Å². The number of rotatable bonds is 11. The molecule has 1 aliphatic carbocycles. The van der Waals surface area contributed by atoms with Crippen molar-refractivity contribution in [1.82, 2.24) is 10.2 Å². The molecule has 2 amide bonds. The van der Waals surface area contributed by atoms with Gasteiger partial charge < -0.3 is 15.0 Å². The van der Waals surface area contributed by atoms with Crippen molar-refractivity contribution in [2.24, 2.45) is 0 Å². The number of carbonyl (C=O) groups excluding carboxylic acids is 2. The fourth-order valence-electron chi connectivity index (χ4n) is 5.17. The summed E-state index contributed by atoms with van der Waals surface area (Å²) in [7, 11) is -2.72. The zero-order valence-electron chi connectivity index (χ0n) is 24.2. The van der Waals surface area contributed by atoms with Gasteiger partial charge in [-0.25, -0.2) is 8.42 Å². The van der Waals surface area contributed by atoms with Crippen LogP contribution in [0.4, 0.5) is 5.69 Å². The third kappa shape index (κ3) is 7.27. The van der Waals surface area contributed by atoms with Gasteiger partial charge in [0.05, 0.1) is 17.7 Å². The lowest BCUT2D eigenvalue weighted by atomic mass is 10.1. The van der Waals surface area contributed by atoms with Gasteiger partial charge in [-0.1, -0.05) is 72.5 Å². The van der Waals surface area contributed by atoms with E-state index in [9.17, 15) is 18.0 Å². The lowest BCUT2D eigenvalue weighted by Crippen LogP contribution is -2.52. The maximum absolute atomic E-state index is 14.1. The first kappa shape index (κ1) is 30.1. The van der Waals surface area contributed by atoms with E-state index >= 15 is 0 Å². The summed E-state index contributed by atoms with van der Waals surface area (Å²) >= 11 is 0. The molecule has 1 saturated carbocycles. The standard InChI is InChI=1S/C32H39N3O5S/c1-23-16-18-28(19-17-23)41(38,39)35(29-14-7-8-15-30(29)40-4)22-31(36)34(21-26-11-9-10-24(2)20-26)25(3)32(37)33-27-12-5-6-13-27/h7-11,14-20,25,27H,5-6,12-13,21-22H2,1-4H3,(H,33,37)/t25-/m0/s1. The molecule has 0 radical (unpaired) electrons. The van der Waals surface area contributed by atoms with Crippen LogP contribution in [0.3, 0.4) is 0 Å². The molecule has 0 aromatic heterocycles. The first-order chi connectivity index (χ1) is 19.6. The minimum absolute atomic E-state index is 0.0547. The average Bonchev–Trinajstić information content (AvgIpc) is 3.47. The molecule has 9 heteroatoms. The van der Waals surface area contributed by atoms with Crippen LogP contribution in [0, 0.1) is 13.8 Å². The molecule has 1 fully saturated rings. The number of benzene rings is 3. The van der Waals surface area contributed by atoms with Crippen molar-refractivity contribution in [3.8, 4) is 5.75 Å². The van der Waals surface area contributed by atoms with Gasteiger partial charge in [-0.3, -0.25) is 13.9 Å². The lowest BCUT2D eigenvalue weighted by molar-refractivity contribution is -0.139. The van der Waals surface area contributed by atoms with E-state index in [4.69, 9.17) is 4.74 Å². The van der Waals surface area contributed by atoms with Crippen LogP contribution in [0.25, 0.3) is 0 Å². The maximum atomic E-state index is 14.1. The summed E-state index contributed by atoms with van der Waals surface area (Å²) in [6, 6.07) is 20.2. The van der Waals surface area contributed by atoms with Gasteiger partial charge in [-0.05, 0) is 63.4 Å². The SMILES string of the molecule is COc1ccccc1N(CC(=O)N(Cc1cccc(C)c1)[C@@H](C)C(=O)NC1CCCC1)S(=O)(=O)c1ccc(C)cc1. The van der Waals surface area contributed by atoms with Crippen LogP contribution >= 0.6 is 0 Å². The summed E-state index contributed by atoms with van der Waals surface area (Å²) in [5.74, 6) is -0.432. The van der Waals surface area contributed by atoms with Crippen molar-refractivity contribution in [3.63, 3.8) is 0 Å². The zero-order chi connectivity index (χ0) is 29.6. The van der Waals surface area contributed by atoms with Gasteiger partial charge in [0.15, 0.2) is 0 Å². The number of sulfonamides is 1. The largest absolute Gasteiger partial charge is 0.495 e. The third-order valence-corrected chi connectivity index (χ3v) is 9.32. The fourth-order valence-corrected chi connectivity index (χ4v) is 6.59. The first-order valence-electron chi connectivity index (χ1n) is 14.0. The summed E-state index contributed by atoms with van der Waals surface area (Å²) in [6.07, 6.45) is 3.97. The number of hydrogen-bond acceptors (Lipinski definition) is 5. The molecule has 0 bridgehead atoms. The van der Waals surface area contributed by atoms with Crippen LogP contribution in [-0.4, -0.2) is 50.9 Å². The number of hydrogen-bond donors (Lipinski definition) is 1. The Morgan fingerprint density at radius 1 is 0.951 bits per heavy atom. The minimum atomic E-state index is -4.17. The van der Waals surface area contributed by atoms with Crippen LogP contribution in [0.15, 0.2) is 77.7 Å². The van der Waals surface area contributed by atoms with Crippen LogP contribution in [0.5, 0.6) is 5.75 Å². The topological polar surface area (TPSA) is 96.0 Å². The molecule has 41 heavy (non-hydrogen) atoms. The second-order valence-electron chi connectivity index (χ2n) is 10.7. The Bertz CT molecular complexity index is 1470. The predicted molar refractivity (Wildman–Crippen MR) is 160 cm³/mol. The molecule has 1 atom stereocenters. The molecule has 0 aliphatic heterocycles. The Morgan fingerprint density at radius 2 is 1.63 bits per heavy atom. The number of ether oxygens (including phenoxy) is 1. The van der Waals surface area contributed by atoms with Gasteiger partial charge in [0.1, 0.15) is 18.3 Å². The number of nitrogens with zero attached hydrogens (tertiary/aromatic N) is 2. The summed E-state index contributed by atoms with van der Waals surface area (Å²) < 4.78 is 34.6. The zero-order valence-corrected chi connectivity index (χ0v) is 25.0. The van der Waals surface area contributed by atoms with Crippen molar-refractivity contribution in [3.05, 3.63) is 89.5 Å². The predicted octanol–water partition coefficient (Wildman–Crippen LogP) is 4.98. The average molecular weight is 578 g/mol. The maximum Gasteiger partial charge on any atom is 0.264 e. The Labute approximate surface area is 243 Å². The van der Waals surface area contributed by atoms with Gasteiger partial charge in [0, 0.05) is 12.6 Å². The highest BCUT2D eigenvalue weighted by Crippen LogP contribution is 2.32. The molecular formula is C32H39N3O5S. The van der Waals surface area contributed by atoms with E-state index in [2.05, 4.69) is 5.32 Å². The van der Waals surface area contributed by atoms with E-state index in [-0.39, 0.29) is 29.1 Å². The monoisotopic (exact) mass is 577 g/mol. The molecule has 218 valence electrons. The van der Waals surface area contributed by atoms with Gasteiger partial charge in [0.25, 0.3) is 10.0 Å². The first-order valence-corrected chi connectivity index (χ1v) is 15.4. The summed E-state index contributed by atoms with van der Waals surface area (Å²) in [5, 5.41) is 3.09. The molecule has 0 unspecified atom stereocenters. The summed E-state index contributed by atoms with van der Waals surface area (Å²) in [6.45, 7) is 5.18. The van der Waals surface area contributed by atoms with Gasteiger partial charge in [-0.2, -0.15) is 0 Å². The van der Waals surface area contributed by atoms with E-state index in [1.54, 1.807) is 43.3 Å². The number of amides is 2. The highest BCUT2D eigenvalue weighted by molar-refractivity contribution is 7.92. The van der Waals surface area contributed by atoms with Gasteiger partial charge in [-0.15, -0.1) is 0 Å². The van der Waals surface area contributed by atoms with E-state index < -0.39 is 28.5 Å². The van der Waals surface area contributed by atoms with Crippen molar-refractivity contribution < 1.29 is 22.7 Å². The van der Waals surface area contributed by atoms with Crippen LogP contribution in [0.1, 0.15) is 49.3 Å². The number of carbonyl (C=O) groups is 2. The fraction of sp³-hybridized carbons (Fsp3) is 0.375. The van der Waals surface area contributed by atoms with E-state index in [1.165, 1.54) is 24.1 Å². The normalized spacial score (nSPS) is 14.3. The quantitative estimate of drug-likeness (QED) is 0.347. The number of methoxy groups -OCH3 is 1. The van der Waals surface area contributed by atoms with E-state index in [0.29, 0.717) is 5.75 Å². The molecule has 1 aliphatic rings. The van der Waals surface area contributed by atoms with Crippen molar-refractivity contribution >= 4 is 27.5 Å². The van der Waals surface area contributed by atoms with Gasteiger partial charge >= 0.3 is 0 Å². The number of aryl methyl sites for hydroxylation is 2. The number of anilines is 1. The number of para-hydroxylation sites is 2. The highest BCUT2D eigenvalue weighted by atomic mass is 32.2. The molecule has 3 aromatic carbocycles. The van der Waals surface area contributed by atoms with Crippen molar-refractivity contribution in [2.75, 3.05) is 18.0 Å². The molecule has 0 heterocycles. The molecule has 4 rings (SSSR count). The van der Waals surface area contributed by atoms with Crippen molar-refractivity contribution in [2.45, 2.75) is 70.0 Å². The van der Waals surface area contributed by atoms with Crippen LogP contribution in [-0.2, 0) is 26.2 Å². The molecule has 0 saturated heterocycles. The Morgan fingerprint density at radius 3 is 2.29 bits per heavy atom.